The van der Waals surface area contributed by atoms with E-state index in [2.05, 4.69) is 48.4 Å². The highest BCUT2D eigenvalue weighted by Gasteiger charge is 2.12. The van der Waals surface area contributed by atoms with Crippen molar-refractivity contribution in [3.8, 4) is 0 Å². The number of hydrogen-bond acceptors (Lipinski definition) is 5. The van der Waals surface area contributed by atoms with Crippen molar-refractivity contribution in [1.29, 1.82) is 0 Å². The number of hydrazine groups is 1. The average molecular weight is 251 g/mol. The second kappa shape index (κ2) is 7.16. The zero-order chi connectivity index (χ0) is 13.5. The summed E-state index contributed by atoms with van der Waals surface area (Å²) >= 11 is 0. The molecule has 1 atom stereocenters. The maximum atomic E-state index is 5.49. The van der Waals surface area contributed by atoms with Crippen molar-refractivity contribution in [2.24, 2.45) is 11.8 Å². The van der Waals surface area contributed by atoms with Crippen molar-refractivity contribution >= 4 is 11.6 Å². The minimum absolute atomic E-state index is 0.390. The second-order valence-corrected chi connectivity index (χ2v) is 5.12. The van der Waals surface area contributed by atoms with Crippen LogP contribution in [0, 0.1) is 5.92 Å². The molecule has 0 amide bonds. The van der Waals surface area contributed by atoms with Gasteiger partial charge in [-0.25, -0.2) is 15.8 Å². The first kappa shape index (κ1) is 14.7. The Balaban J connectivity index is 2.86. The van der Waals surface area contributed by atoms with Crippen molar-refractivity contribution < 1.29 is 0 Å². The number of rotatable bonds is 7. The summed E-state index contributed by atoms with van der Waals surface area (Å²) in [6.45, 7) is 8.75. The summed E-state index contributed by atoms with van der Waals surface area (Å²) in [7, 11) is 0. The van der Waals surface area contributed by atoms with Gasteiger partial charge in [0, 0.05) is 11.6 Å². The van der Waals surface area contributed by atoms with Gasteiger partial charge in [-0.05, 0) is 25.7 Å². The Labute approximate surface area is 110 Å². The number of nitrogen functional groups attached to an aromatic ring is 1. The lowest BCUT2D eigenvalue weighted by Gasteiger charge is -2.19. The first-order valence-electron chi connectivity index (χ1n) is 6.65. The molecule has 102 valence electrons. The molecule has 18 heavy (non-hydrogen) atoms. The highest BCUT2D eigenvalue weighted by atomic mass is 15.3. The summed E-state index contributed by atoms with van der Waals surface area (Å²) < 4.78 is 0. The molecular weight excluding hydrogens is 226 g/mol. The van der Waals surface area contributed by atoms with Gasteiger partial charge in [-0.15, -0.1) is 0 Å². The molecule has 0 aromatic carbocycles. The van der Waals surface area contributed by atoms with E-state index in [-0.39, 0.29) is 0 Å². The lowest BCUT2D eigenvalue weighted by molar-refractivity contribution is 0.538. The molecule has 0 bridgehead atoms. The number of nitrogens with zero attached hydrogens (tertiary/aromatic N) is 2. The zero-order valence-corrected chi connectivity index (χ0v) is 11.8. The van der Waals surface area contributed by atoms with Crippen LogP contribution in [0.4, 0.5) is 11.6 Å². The molecule has 1 aromatic heterocycles. The summed E-state index contributed by atoms with van der Waals surface area (Å²) in [5.41, 5.74) is 3.71. The molecule has 0 saturated heterocycles. The Hall–Kier alpha value is -1.36. The minimum atomic E-state index is 0.390. The third-order valence-corrected chi connectivity index (χ3v) is 2.79. The largest absolute Gasteiger partial charge is 0.367 e. The van der Waals surface area contributed by atoms with Crippen LogP contribution in [0.25, 0.3) is 0 Å². The highest BCUT2D eigenvalue weighted by molar-refractivity contribution is 5.57. The molecule has 0 spiro atoms. The maximum absolute atomic E-state index is 5.49. The SMILES string of the molecule is CCCc1c(NN)ncnc1NC(C)CC(C)C. The molecule has 5 heteroatoms. The van der Waals surface area contributed by atoms with E-state index in [4.69, 9.17) is 5.84 Å². The van der Waals surface area contributed by atoms with Gasteiger partial charge in [-0.2, -0.15) is 0 Å². The third-order valence-electron chi connectivity index (χ3n) is 2.79. The van der Waals surface area contributed by atoms with E-state index < -0.39 is 0 Å². The Morgan fingerprint density at radius 3 is 2.44 bits per heavy atom. The third kappa shape index (κ3) is 4.14. The van der Waals surface area contributed by atoms with Gasteiger partial charge in [0.15, 0.2) is 0 Å². The maximum Gasteiger partial charge on any atom is 0.148 e. The number of aromatic nitrogens is 2. The van der Waals surface area contributed by atoms with Gasteiger partial charge < -0.3 is 10.7 Å². The van der Waals surface area contributed by atoms with Crippen LogP contribution in [0.15, 0.2) is 6.33 Å². The molecule has 1 unspecified atom stereocenters. The Morgan fingerprint density at radius 1 is 1.22 bits per heavy atom. The summed E-state index contributed by atoms with van der Waals surface area (Å²) in [6, 6.07) is 0.390. The van der Waals surface area contributed by atoms with Gasteiger partial charge in [0.1, 0.15) is 18.0 Å². The van der Waals surface area contributed by atoms with Crippen LogP contribution in [0.3, 0.4) is 0 Å². The van der Waals surface area contributed by atoms with E-state index in [0.29, 0.717) is 17.8 Å². The lowest BCUT2D eigenvalue weighted by atomic mass is 10.0. The second-order valence-electron chi connectivity index (χ2n) is 5.12. The fraction of sp³-hybridized carbons (Fsp3) is 0.692. The van der Waals surface area contributed by atoms with Crippen LogP contribution in [-0.2, 0) is 6.42 Å². The Morgan fingerprint density at radius 2 is 1.89 bits per heavy atom. The average Bonchev–Trinajstić information content (AvgIpc) is 2.30. The number of hydrogen-bond donors (Lipinski definition) is 3. The molecule has 1 rings (SSSR count). The fourth-order valence-electron chi connectivity index (χ4n) is 2.15. The standard InChI is InChI=1S/C13H25N5/c1-5-6-11-12(15-8-16-13(11)18-14)17-10(4)7-9(2)3/h8-10H,5-7,14H2,1-4H3,(H2,15,16,17,18). The van der Waals surface area contributed by atoms with Crippen LogP contribution < -0.4 is 16.6 Å². The van der Waals surface area contributed by atoms with Crippen molar-refractivity contribution in [3.63, 3.8) is 0 Å². The van der Waals surface area contributed by atoms with E-state index >= 15 is 0 Å². The molecule has 0 aliphatic rings. The quantitative estimate of drug-likeness (QED) is 0.513. The van der Waals surface area contributed by atoms with E-state index in [9.17, 15) is 0 Å². The molecule has 5 nitrogen and oxygen atoms in total. The van der Waals surface area contributed by atoms with Crippen molar-refractivity contribution in [1.82, 2.24) is 9.97 Å². The molecule has 0 aliphatic heterocycles. The van der Waals surface area contributed by atoms with Gasteiger partial charge in [-0.1, -0.05) is 27.2 Å². The Kier molecular flexibility index (Phi) is 5.85. The molecule has 4 N–H and O–H groups in total. The summed E-state index contributed by atoms with van der Waals surface area (Å²) in [5, 5.41) is 3.45. The molecule has 0 aliphatic carbocycles. The fourth-order valence-corrected chi connectivity index (χ4v) is 2.15. The normalized spacial score (nSPS) is 12.6. The van der Waals surface area contributed by atoms with Crippen LogP contribution in [-0.4, -0.2) is 16.0 Å². The van der Waals surface area contributed by atoms with E-state index in [1.807, 2.05) is 0 Å². The number of nitrogens with two attached hydrogens (primary N) is 1. The van der Waals surface area contributed by atoms with Crippen LogP contribution >= 0.6 is 0 Å². The van der Waals surface area contributed by atoms with Crippen molar-refractivity contribution in [3.05, 3.63) is 11.9 Å². The van der Waals surface area contributed by atoms with E-state index in [1.165, 1.54) is 0 Å². The molecule has 1 aromatic rings. The highest BCUT2D eigenvalue weighted by Crippen LogP contribution is 2.22. The van der Waals surface area contributed by atoms with Crippen molar-refractivity contribution in [2.75, 3.05) is 10.7 Å². The van der Waals surface area contributed by atoms with Gasteiger partial charge in [0.05, 0.1) is 0 Å². The van der Waals surface area contributed by atoms with Crippen molar-refractivity contribution in [2.45, 2.75) is 53.0 Å². The van der Waals surface area contributed by atoms with Crippen LogP contribution in [0.5, 0.6) is 0 Å². The van der Waals surface area contributed by atoms with E-state index in [0.717, 1.165) is 30.6 Å². The van der Waals surface area contributed by atoms with E-state index in [1.54, 1.807) is 6.33 Å². The first-order valence-corrected chi connectivity index (χ1v) is 6.65. The Bertz CT molecular complexity index is 364. The smallest absolute Gasteiger partial charge is 0.148 e. The molecule has 0 saturated carbocycles. The molecule has 1 heterocycles. The molecule has 0 fully saturated rings. The predicted octanol–water partition coefficient (Wildman–Crippen LogP) is 2.56. The van der Waals surface area contributed by atoms with Gasteiger partial charge in [0.25, 0.3) is 0 Å². The topological polar surface area (TPSA) is 75.9 Å². The summed E-state index contributed by atoms with van der Waals surface area (Å²) in [6.07, 6.45) is 4.60. The van der Waals surface area contributed by atoms with Crippen LogP contribution in [0.1, 0.15) is 46.1 Å². The van der Waals surface area contributed by atoms with Gasteiger partial charge >= 0.3 is 0 Å². The number of nitrogens with one attached hydrogen (secondary N) is 2. The van der Waals surface area contributed by atoms with Gasteiger partial charge in [-0.3, -0.25) is 0 Å². The summed E-state index contributed by atoms with van der Waals surface area (Å²) in [5.74, 6) is 7.77. The first-order chi connectivity index (χ1) is 8.58. The monoisotopic (exact) mass is 251 g/mol. The zero-order valence-electron chi connectivity index (χ0n) is 11.8. The van der Waals surface area contributed by atoms with Gasteiger partial charge in [0.2, 0.25) is 0 Å². The predicted molar refractivity (Wildman–Crippen MR) is 76.4 cm³/mol. The minimum Gasteiger partial charge on any atom is -0.367 e. The summed E-state index contributed by atoms with van der Waals surface area (Å²) in [4.78, 5) is 8.49. The molecule has 0 radical (unpaired) electrons. The number of anilines is 2. The molecular formula is C13H25N5. The van der Waals surface area contributed by atoms with Crippen LogP contribution in [0.2, 0.25) is 0 Å². The lowest BCUT2D eigenvalue weighted by Crippen LogP contribution is -2.21.